The van der Waals surface area contributed by atoms with Gasteiger partial charge in [-0.1, -0.05) is 54.6 Å². The topological polar surface area (TPSA) is 59.5 Å². The van der Waals surface area contributed by atoms with Crippen molar-refractivity contribution in [3.8, 4) is 28.8 Å². The molecule has 0 aliphatic rings. The van der Waals surface area contributed by atoms with Crippen LogP contribution in [0.2, 0.25) is 0 Å². The van der Waals surface area contributed by atoms with Crippen LogP contribution in [-0.4, -0.2) is 23.6 Å². The number of aromatic nitrogens is 2. The molecule has 0 amide bonds. The fourth-order valence-electron chi connectivity index (χ4n) is 4.03. The predicted octanol–water partition coefficient (Wildman–Crippen LogP) is 6.21. The van der Waals surface area contributed by atoms with E-state index >= 15 is 0 Å². The Morgan fingerprint density at radius 3 is 2.24 bits per heavy atom. The molecule has 0 radical (unpaired) electrons. The third kappa shape index (κ3) is 3.68. The van der Waals surface area contributed by atoms with Crippen molar-refractivity contribution in [1.29, 1.82) is 5.26 Å². The first kappa shape index (κ1) is 20.3. The number of imidazole rings is 1. The Morgan fingerprint density at radius 2 is 1.55 bits per heavy atom. The van der Waals surface area contributed by atoms with Crippen molar-refractivity contribution in [2.75, 3.05) is 14.2 Å². The highest BCUT2D eigenvalue weighted by molar-refractivity contribution is 5.89. The average Bonchev–Trinajstić information content (AvgIpc) is 3.26. The van der Waals surface area contributed by atoms with Crippen LogP contribution in [0.3, 0.4) is 0 Å². The quantitative estimate of drug-likeness (QED) is 0.332. The number of fused-ring (bicyclic) bond motifs is 3. The summed E-state index contributed by atoms with van der Waals surface area (Å²) in [5.74, 6) is 1.41. The Kier molecular flexibility index (Phi) is 5.26. The van der Waals surface area contributed by atoms with E-state index in [-0.39, 0.29) is 0 Å². The largest absolute Gasteiger partial charge is 0.497 e. The third-order valence-electron chi connectivity index (χ3n) is 5.62. The molecule has 0 saturated heterocycles. The summed E-state index contributed by atoms with van der Waals surface area (Å²) in [6.07, 6.45) is 3.90. The van der Waals surface area contributed by atoms with Crippen molar-refractivity contribution >= 4 is 28.8 Å². The molecule has 0 unspecified atom stereocenters. The lowest BCUT2D eigenvalue weighted by atomic mass is 10.0. The van der Waals surface area contributed by atoms with Crippen molar-refractivity contribution in [3.63, 3.8) is 0 Å². The molecule has 2 heterocycles. The number of methoxy groups -OCH3 is 2. The molecule has 2 aromatic heterocycles. The Balaban J connectivity index is 1.76. The molecule has 0 atom stereocenters. The van der Waals surface area contributed by atoms with Crippen LogP contribution in [0.15, 0.2) is 78.9 Å². The predicted molar refractivity (Wildman–Crippen MR) is 131 cm³/mol. The zero-order chi connectivity index (χ0) is 22.8. The van der Waals surface area contributed by atoms with E-state index in [1.54, 1.807) is 14.2 Å². The number of nitriles is 1. The maximum absolute atomic E-state index is 10.1. The van der Waals surface area contributed by atoms with Gasteiger partial charge in [0.1, 0.15) is 23.1 Å². The van der Waals surface area contributed by atoms with Gasteiger partial charge in [0.05, 0.1) is 30.9 Å². The Labute approximate surface area is 191 Å². The molecule has 0 fully saturated rings. The van der Waals surface area contributed by atoms with Crippen LogP contribution in [-0.2, 0) is 0 Å². The monoisotopic (exact) mass is 431 g/mol. The first-order valence-electron chi connectivity index (χ1n) is 10.5. The zero-order valence-electron chi connectivity index (χ0n) is 18.3. The number of hydrogen-bond donors (Lipinski definition) is 0. The zero-order valence-corrected chi connectivity index (χ0v) is 18.3. The lowest BCUT2D eigenvalue weighted by molar-refractivity contribution is 0.394. The second kappa shape index (κ2) is 8.52. The van der Waals surface area contributed by atoms with Gasteiger partial charge in [-0.05, 0) is 47.0 Å². The average molecular weight is 431 g/mol. The van der Waals surface area contributed by atoms with E-state index in [1.165, 1.54) is 0 Å². The molecule has 5 heteroatoms. The van der Waals surface area contributed by atoms with Gasteiger partial charge in [0.2, 0.25) is 0 Å². The molecular formula is C28H21N3O2. The lowest BCUT2D eigenvalue weighted by Gasteiger charge is -2.11. The normalized spacial score (nSPS) is 11.2. The molecule has 33 heavy (non-hydrogen) atoms. The molecule has 0 saturated carbocycles. The molecule has 0 bridgehead atoms. The maximum atomic E-state index is 10.1. The number of benzene rings is 3. The Hall–Kier alpha value is -4.56. The van der Waals surface area contributed by atoms with E-state index in [4.69, 9.17) is 14.5 Å². The minimum atomic E-state index is 0.525. The minimum Gasteiger partial charge on any atom is -0.497 e. The van der Waals surface area contributed by atoms with Gasteiger partial charge in [-0.25, -0.2) is 4.98 Å². The third-order valence-corrected chi connectivity index (χ3v) is 5.62. The van der Waals surface area contributed by atoms with Crippen molar-refractivity contribution in [2.45, 2.75) is 0 Å². The summed E-state index contributed by atoms with van der Waals surface area (Å²) in [4.78, 5) is 4.81. The summed E-state index contributed by atoms with van der Waals surface area (Å²) in [5, 5.41) is 10.1. The summed E-state index contributed by atoms with van der Waals surface area (Å²) < 4.78 is 12.8. The molecule has 5 nitrogen and oxygen atoms in total. The van der Waals surface area contributed by atoms with Crippen LogP contribution >= 0.6 is 0 Å². The molecule has 3 aromatic carbocycles. The van der Waals surface area contributed by atoms with Gasteiger partial charge in [0.25, 0.3) is 0 Å². The van der Waals surface area contributed by atoms with Gasteiger partial charge >= 0.3 is 0 Å². The van der Waals surface area contributed by atoms with E-state index in [0.717, 1.165) is 33.4 Å². The van der Waals surface area contributed by atoms with Crippen molar-refractivity contribution in [1.82, 2.24) is 9.38 Å². The molecule has 160 valence electrons. The molecule has 0 spiro atoms. The van der Waals surface area contributed by atoms with Crippen LogP contribution in [0.5, 0.6) is 11.5 Å². The van der Waals surface area contributed by atoms with E-state index in [2.05, 4.69) is 22.6 Å². The fourth-order valence-corrected chi connectivity index (χ4v) is 4.03. The Morgan fingerprint density at radius 1 is 0.848 bits per heavy atom. The van der Waals surface area contributed by atoms with Crippen molar-refractivity contribution < 1.29 is 9.47 Å². The second-order valence-electron chi connectivity index (χ2n) is 7.58. The van der Waals surface area contributed by atoms with Gasteiger partial charge in [-0.15, -0.1) is 0 Å². The summed E-state index contributed by atoms with van der Waals surface area (Å²) >= 11 is 0. The highest BCUT2D eigenvalue weighted by Gasteiger charge is 2.16. The number of pyridine rings is 1. The van der Waals surface area contributed by atoms with Crippen LogP contribution < -0.4 is 9.47 Å². The van der Waals surface area contributed by atoms with Gasteiger partial charge in [0, 0.05) is 6.07 Å². The van der Waals surface area contributed by atoms with Gasteiger partial charge < -0.3 is 9.47 Å². The summed E-state index contributed by atoms with van der Waals surface area (Å²) in [5.41, 5.74) is 6.71. The SMILES string of the molecule is COc1cc(/C=C/c2cc(-c3ccccc3)n3c(nc4ccccc43)c2C#N)cc(OC)c1. The van der Waals surface area contributed by atoms with Gasteiger partial charge in [0.15, 0.2) is 5.65 Å². The van der Waals surface area contributed by atoms with E-state index in [0.29, 0.717) is 22.7 Å². The van der Waals surface area contributed by atoms with Crippen LogP contribution in [0.25, 0.3) is 40.1 Å². The first-order valence-corrected chi connectivity index (χ1v) is 10.5. The van der Waals surface area contributed by atoms with Crippen molar-refractivity contribution in [2.24, 2.45) is 0 Å². The van der Waals surface area contributed by atoms with Crippen LogP contribution in [0.4, 0.5) is 0 Å². The second-order valence-corrected chi connectivity index (χ2v) is 7.58. The van der Waals surface area contributed by atoms with Crippen molar-refractivity contribution in [3.05, 3.63) is 95.6 Å². The summed E-state index contributed by atoms with van der Waals surface area (Å²) in [6.45, 7) is 0. The molecule has 0 aliphatic carbocycles. The number of para-hydroxylation sites is 2. The molecule has 5 rings (SSSR count). The van der Waals surface area contributed by atoms with Gasteiger partial charge in [-0.2, -0.15) is 5.26 Å². The van der Waals surface area contributed by atoms with E-state index in [1.807, 2.05) is 78.9 Å². The Bertz CT molecular complexity index is 1520. The molecular weight excluding hydrogens is 410 g/mol. The minimum absolute atomic E-state index is 0.525. The van der Waals surface area contributed by atoms with Crippen LogP contribution in [0, 0.1) is 11.3 Å². The summed E-state index contributed by atoms with van der Waals surface area (Å²) in [6, 6.07) is 28.2. The maximum Gasteiger partial charge on any atom is 0.157 e. The fraction of sp³-hybridized carbons (Fsp3) is 0.0714. The van der Waals surface area contributed by atoms with Crippen LogP contribution in [0.1, 0.15) is 16.7 Å². The number of nitrogens with zero attached hydrogens (tertiary/aromatic N) is 3. The van der Waals surface area contributed by atoms with E-state index in [9.17, 15) is 5.26 Å². The lowest BCUT2D eigenvalue weighted by Crippen LogP contribution is -1.98. The number of hydrogen-bond acceptors (Lipinski definition) is 4. The number of rotatable bonds is 5. The number of ether oxygens (including phenoxy) is 2. The van der Waals surface area contributed by atoms with Gasteiger partial charge in [-0.3, -0.25) is 4.40 Å². The highest BCUT2D eigenvalue weighted by Crippen LogP contribution is 2.31. The molecule has 0 aliphatic heterocycles. The highest BCUT2D eigenvalue weighted by atomic mass is 16.5. The summed E-state index contributed by atoms with van der Waals surface area (Å²) in [7, 11) is 3.25. The molecule has 5 aromatic rings. The smallest absolute Gasteiger partial charge is 0.157 e. The van der Waals surface area contributed by atoms with E-state index < -0.39 is 0 Å². The first-order chi connectivity index (χ1) is 16.2. The molecule has 0 N–H and O–H groups in total. The standard InChI is InChI=1S/C28H21N3O2/c1-32-22-14-19(15-23(17-22)33-2)12-13-21-16-27(20-8-4-3-5-9-20)31-26-11-7-6-10-25(26)30-28(31)24(21)18-29/h3-17H,1-2H3/b13-12+.